The molecule has 2 N–H and O–H groups in total. The molecule has 6 rings (SSSR count). The summed E-state index contributed by atoms with van der Waals surface area (Å²) in [5.41, 5.74) is -0.527. The van der Waals surface area contributed by atoms with Crippen molar-refractivity contribution in [2.45, 2.75) is 145 Å². The number of amides is 1. The number of hydrogen-bond donors (Lipinski definition) is 2. The topological polar surface area (TPSA) is 111 Å². The van der Waals surface area contributed by atoms with Crippen LogP contribution in [0.2, 0.25) is 0 Å². The van der Waals surface area contributed by atoms with Crippen molar-refractivity contribution in [1.29, 1.82) is 0 Å². The number of aliphatic carboxylic acids is 1. The van der Waals surface area contributed by atoms with Crippen molar-refractivity contribution in [3.8, 4) is 0 Å². The van der Waals surface area contributed by atoms with Gasteiger partial charge in [0, 0.05) is 31.3 Å². The first kappa shape index (κ1) is 34.5. The summed E-state index contributed by atoms with van der Waals surface area (Å²) in [6, 6.07) is 0. The summed E-state index contributed by atoms with van der Waals surface area (Å²) in [6.45, 7) is 16.1. The van der Waals surface area contributed by atoms with Gasteiger partial charge in [0.15, 0.2) is 0 Å². The molecule has 0 saturated heterocycles. The molecule has 262 valence electrons. The second-order valence-corrected chi connectivity index (χ2v) is 18.6. The Morgan fingerprint density at radius 2 is 1.68 bits per heavy atom. The van der Waals surface area contributed by atoms with E-state index in [1.54, 1.807) is 20.0 Å². The standard InChI is InChI=1S/C39H61N3O5/c1-34(2,33(45)46)23-32(44)47-29-14-16-36(5)27(35(29,3)4)13-17-38(7)28(36)12-11-25-26-10-9-15-39(26,19-18-37(25,38)6)22-31(43)41-24-30-40-20-21-42(30)8/h20-21,25-29H,9-19,22-24H2,1-8H3,(H,41,43)(H,45,46)/t25-,26-,27?,28?,29+,36+,37-,38-,39-/m1/s1. The highest BCUT2D eigenvalue weighted by Crippen LogP contribution is 2.77. The van der Waals surface area contributed by atoms with Crippen LogP contribution < -0.4 is 5.32 Å². The molecule has 1 aromatic heterocycles. The molecule has 1 amide bonds. The van der Waals surface area contributed by atoms with Gasteiger partial charge in [-0.25, -0.2) is 4.98 Å². The number of carboxylic acids is 1. The third-order valence-corrected chi connectivity index (χ3v) is 15.8. The van der Waals surface area contributed by atoms with Crippen LogP contribution in [0.3, 0.4) is 0 Å². The van der Waals surface area contributed by atoms with Gasteiger partial charge in [0.1, 0.15) is 11.9 Å². The number of aryl methyl sites for hydroxylation is 1. The average molecular weight is 652 g/mol. The zero-order valence-corrected chi connectivity index (χ0v) is 30.4. The summed E-state index contributed by atoms with van der Waals surface area (Å²) in [4.78, 5) is 42.5. The highest BCUT2D eigenvalue weighted by atomic mass is 16.5. The van der Waals surface area contributed by atoms with Gasteiger partial charge in [-0.1, -0.05) is 41.0 Å². The van der Waals surface area contributed by atoms with Gasteiger partial charge in [-0.3, -0.25) is 14.4 Å². The molecule has 0 spiro atoms. The van der Waals surface area contributed by atoms with E-state index in [2.05, 4.69) is 44.9 Å². The van der Waals surface area contributed by atoms with Crippen LogP contribution in [-0.2, 0) is 32.7 Å². The van der Waals surface area contributed by atoms with Crippen molar-refractivity contribution in [3.63, 3.8) is 0 Å². The molecule has 5 fully saturated rings. The largest absolute Gasteiger partial charge is 0.481 e. The van der Waals surface area contributed by atoms with Crippen molar-refractivity contribution in [2.24, 2.45) is 63.2 Å². The van der Waals surface area contributed by atoms with Crippen LogP contribution >= 0.6 is 0 Å². The fraction of sp³-hybridized carbons (Fsp3) is 0.846. The number of nitrogens with one attached hydrogen (secondary N) is 1. The Morgan fingerprint density at radius 1 is 0.936 bits per heavy atom. The van der Waals surface area contributed by atoms with Crippen molar-refractivity contribution < 1.29 is 24.2 Å². The molecular formula is C39H61N3O5. The normalized spacial score (nSPS) is 40.7. The molecule has 0 aromatic carbocycles. The first-order chi connectivity index (χ1) is 21.9. The maximum Gasteiger partial charge on any atom is 0.309 e. The number of esters is 1. The Bertz CT molecular complexity index is 1400. The maximum absolute atomic E-state index is 13.4. The summed E-state index contributed by atoms with van der Waals surface area (Å²) in [5.74, 6) is 2.05. The predicted molar refractivity (Wildman–Crippen MR) is 181 cm³/mol. The molecule has 2 unspecified atom stereocenters. The minimum absolute atomic E-state index is 0.105. The van der Waals surface area contributed by atoms with Crippen LogP contribution in [0.5, 0.6) is 0 Å². The van der Waals surface area contributed by atoms with Crippen LogP contribution in [0.4, 0.5) is 0 Å². The number of ether oxygens (including phenoxy) is 1. The monoisotopic (exact) mass is 651 g/mol. The Kier molecular flexibility index (Phi) is 8.52. The van der Waals surface area contributed by atoms with E-state index in [0.717, 1.165) is 31.5 Å². The lowest BCUT2D eigenvalue weighted by Gasteiger charge is -2.72. The number of carbonyl (C=O) groups is 3. The van der Waals surface area contributed by atoms with Gasteiger partial charge in [0.05, 0.1) is 18.4 Å². The highest BCUT2D eigenvalue weighted by Gasteiger charge is 2.70. The molecule has 0 radical (unpaired) electrons. The van der Waals surface area contributed by atoms with E-state index in [9.17, 15) is 19.5 Å². The number of aromatic nitrogens is 2. The zero-order valence-electron chi connectivity index (χ0n) is 30.4. The Balaban J connectivity index is 1.18. The molecule has 1 heterocycles. The van der Waals surface area contributed by atoms with E-state index in [1.807, 2.05) is 17.8 Å². The SMILES string of the molecule is Cn1ccnc1CNC(=O)C[C@]12CCC[C@@H]1[C@H]1CCC3[C@@]4(C)CC[C@H](OC(=O)CC(C)(C)C(=O)O)C(C)(C)C4CC[C@@]3(C)[C@]1(C)CC2. The van der Waals surface area contributed by atoms with Gasteiger partial charge >= 0.3 is 11.9 Å². The fourth-order valence-corrected chi connectivity index (χ4v) is 13.0. The molecule has 0 bridgehead atoms. The molecule has 8 nitrogen and oxygen atoms in total. The zero-order chi connectivity index (χ0) is 34.2. The van der Waals surface area contributed by atoms with Crippen LogP contribution in [0.25, 0.3) is 0 Å². The van der Waals surface area contributed by atoms with Crippen molar-refractivity contribution in [1.82, 2.24) is 14.9 Å². The fourth-order valence-electron chi connectivity index (χ4n) is 13.0. The van der Waals surface area contributed by atoms with Gasteiger partial charge in [0.25, 0.3) is 0 Å². The van der Waals surface area contributed by atoms with Crippen LogP contribution in [0, 0.1) is 56.2 Å². The number of rotatable bonds is 8. The van der Waals surface area contributed by atoms with Gasteiger partial charge in [-0.05, 0) is 123 Å². The summed E-state index contributed by atoms with van der Waals surface area (Å²) in [5, 5.41) is 12.8. The number of nitrogens with zero attached hydrogens (tertiary/aromatic N) is 2. The first-order valence-electron chi connectivity index (χ1n) is 18.6. The van der Waals surface area contributed by atoms with Crippen molar-refractivity contribution in [2.75, 3.05) is 0 Å². The number of imidazole rings is 1. The second-order valence-electron chi connectivity index (χ2n) is 18.6. The minimum Gasteiger partial charge on any atom is -0.481 e. The highest BCUT2D eigenvalue weighted by molar-refractivity contribution is 5.81. The number of fused-ring (bicyclic) bond motifs is 7. The van der Waals surface area contributed by atoms with E-state index in [4.69, 9.17) is 4.74 Å². The third-order valence-electron chi connectivity index (χ3n) is 15.8. The van der Waals surface area contributed by atoms with Gasteiger partial charge in [0.2, 0.25) is 5.91 Å². The Hall–Kier alpha value is -2.38. The van der Waals surface area contributed by atoms with E-state index in [0.29, 0.717) is 36.6 Å². The lowest BCUT2D eigenvalue weighted by molar-refractivity contribution is -0.248. The van der Waals surface area contributed by atoms with Gasteiger partial charge < -0.3 is 19.7 Å². The first-order valence-corrected chi connectivity index (χ1v) is 18.6. The van der Waals surface area contributed by atoms with Crippen LogP contribution in [-0.4, -0.2) is 38.6 Å². The molecular weight excluding hydrogens is 590 g/mol. The average Bonchev–Trinajstić information content (AvgIpc) is 3.59. The second kappa shape index (κ2) is 11.6. The molecule has 1 aromatic rings. The van der Waals surface area contributed by atoms with E-state index in [-0.39, 0.29) is 51.5 Å². The number of hydrogen-bond acceptors (Lipinski definition) is 5. The van der Waals surface area contributed by atoms with Crippen molar-refractivity contribution in [3.05, 3.63) is 18.2 Å². The smallest absolute Gasteiger partial charge is 0.309 e. The Labute approximate surface area is 282 Å². The molecule has 9 atom stereocenters. The molecule has 0 aliphatic heterocycles. The van der Waals surface area contributed by atoms with Crippen LogP contribution in [0.1, 0.15) is 138 Å². The van der Waals surface area contributed by atoms with E-state index in [1.165, 1.54) is 44.9 Å². The van der Waals surface area contributed by atoms with E-state index >= 15 is 0 Å². The maximum atomic E-state index is 13.4. The quantitative estimate of drug-likeness (QED) is 0.279. The molecule has 5 aliphatic rings. The van der Waals surface area contributed by atoms with Crippen LogP contribution in [0.15, 0.2) is 12.4 Å². The third kappa shape index (κ3) is 5.37. The summed E-state index contributed by atoms with van der Waals surface area (Å²) >= 11 is 0. The van der Waals surface area contributed by atoms with Crippen molar-refractivity contribution >= 4 is 17.8 Å². The summed E-state index contributed by atoms with van der Waals surface area (Å²) in [6.07, 6.45) is 16.8. The molecule has 47 heavy (non-hydrogen) atoms. The summed E-state index contributed by atoms with van der Waals surface area (Å²) in [7, 11) is 1.97. The number of carbonyl (C=O) groups excluding carboxylic acids is 2. The molecule has 5 saturated carbocycles. The van der Waals surface area contributed by atoms with Gasteiger partial charge in [-0.2, -0.15) is 0 Å². The molecule has 5 aliphatic carbocycles. The van der Waals surface area contributed by atoms with E-state index < -0.39 is 11.4 Å². The number of carboxylic acid groups (broad SMARTS) is 1. The summed E-state index contributed by atoms with van der Waals surface area (Å²) < 4.78 is 8.12. The lowest BCUT2D eigenvalue weighted by Crippen LogP contribution is -2.66. The lowest BCUT2D eigenvalue weighted by atomic mass is 9.32. The Morgan fingerprint density at radius 3 is 2.36 bits per heavy atom. The predicted octanol–water partition coefficient (Wildman–Crippen LogP) is 7.69. The minimum atomic E-state index is -1.13. The van der Waals surface area contributed by atoms with Gasteiger partial charge in [-0.15, -0.1) is 0 Å². The molecule has 8 heteroatoms.